The molecule has 138 heavy (non-hydrogen) atoms. The number of rotatable bonds is 47. The predicted molar refractivity (Wildman–Crippen MR) is 513 cm³/mol. The monoisotopic (exact) mass is 1940 g/mol. The lowest BCUT2D eigenvalue weighted by molar-refractivity contribution is -0.186. The third-order valence-electron chi connectivity index (χ3n) is 24.3. The van der Waals surface area contributed by atoms with E-state index in [2.05, 4.69) is 52.6 Å². The van der Waals surface area contributed by atoms with Gasteiger partial charge in [0.05, 0.1) is 29.1 Å². The Morgan fingerprint density at radius 3 is 1.11 bits per heavy atom. The molecule has 3 aliphatic heterocycles. The molecule has 10 atom stereocenters. The lowest BCUT2D eigenvalue weighted by Gasteiger charge is -2.34. The standard InChI is InChI=1S/C39H52N6O5.C31H41F3N6O4.C30H40F3N5O5S/c1-29(41-2)36(46)43-35(21-12-23-42-39(49)50-28-32-18-10-5-11-19-32)38(48)45-24-13-20-33(45)27-44(25-22-30-14-6-3-7-15-30)37(47)34(40)26-31-16-8-4-9-17-31;1-22(35-2)27(41)38-26(16-9-18-36-30(44)37-24-13-7-4-8-14-24)28(42)40-19-10-15-25(40)21-39(29(43)31(32,33)34)20-17-23-11-5-3-6-12-23;1-22(34-2)27(39)36-26(16-9-18-35-44(42,43)25-14-7-4-8-15-25)28(40)38-19-10-13-24(38)21-37(29(41)30(31,32)33)20-17-23-11-5-3-6-12-23/h3-11,14-19,29,33-35,41H,12-13,20-28,40H2,1-2H3,(H,42,49)(H,43,46);3-8,11-14,22,25-26,35H,9-10,15-21H2,1-2H3,(H,38,41)(H2,36,37,44);3-8,11-12,14-15,22,24,26,34-35H,9-10,13,16-21H2,1-2H3,(H,36,39)/t29-,33-,34+,35-;22-,25-,26-;22-,24-,26-/m000/s1. The second-order valence-electron chi connectivity index (χ2n) is 34.4. The van der Waals surface area contributed by atoms with Crippen LogP contribution in [0.4, 0.5) is 41.6 Å². The molecule has 0 spiro atoms. The first-order valence-electron chi connectivity index (χ1n) is 46.9. The Morgan fingerprint density at radius 2 is 0.746 bits per heavy atom. The Bertz CT molecular complexity index is 5060. The first-order valence-corrected chi connectivity index (χ1v) is 48.4. The number of alkyl carbamates (subject to hydrolysis) is 1. The van der Waals surface area contributed by atoms with Crippen LogP contribution in [-0.4, -0.2) is 276 Å². The van der Waals surface area contributed by atoms with Gasteiger partial charge in [0.2, 0.25) is 51.4 Å². The molecular formula is C100H133F6N17O14S. The van der Waals surface area contributed by atoms with Gasteiger partial charge in [-0.2, -0.15) is 26.3 Å². The molecule has 12 amide bonds. The molecule has 3 saturated heterocycles. The highest BCUT2D eigenvalue weighted by Crippen LogP contribution is 2.29. The van der Waals surface area contributed by atoms with Crippen LogP contribution in [0.15, 0.2) is 217 Å². The van der Waals surface area contributed by atoms with E-state index in [-0.39, 0.29) is 120 Å². The van der Waals surface area contributed by atoms with Crippen LogP contribution in [0.1, 0.15) is 126 Å². The van der Waals surface area contributed by atoms with Gasteiger partial charge in [0.1, 0.15) is 24.7 Å². The summed E-state index contributed by atoms with van der Waals surface area (Å²) in [6.45, 7) is 6.61. The highest BCUT2D eigenvalue weighted by Gasteiger charge is 2.47. The van der Waals surface area contributed by atoms with E-state index in [9.17, 15) is 87.5 Å². The SMILES string of the molecule is CN[C@@H](C)C(=O)N[C@@H](CCCNC(=O)Nc1ccccc1)C(=O)N1CCC[C@H]1CN(CCc1ccccc1)C(=O)C(F)(F)F.CN[C@@H](C)C(=O)N[C@@H](CCCNC(=O)OCc1ccccc1)C(=O)N1CCC[C@H]1CN(CCc1ccccc1)C(=O)[C@H](N)Cc1ccccc1.CN[C@@H](C)C(=O)N[C@@H](CCCNS(=O)(=O)c1ccccc1)C(=O)N1CCC[C@H]1CN(CCc1ccccc1)C(=O)C(F)(F)F. The summed E-state index contributed by atoms with van der Waals surface area (Å²) in [6.07, 6.45) is -4.15. The number of alkyl halides is 6. The van der Waals surface area contributed by atoms with Crippen LogP contribution in [0.2, 0.25) is 0 Å². The first kappa shape index (κ1) is 111. The number of hydrogen-bond acceptors (Lipinski definition) is 18. The maximum atomic E-state index is 14.1. The number of urea groups is 1. The van der Waals surface area contributed by atoms with Crippen LogP contribution in [0.25, 0.3) is 0 Å². The molecule has 0 aliphatic carbocycles. The lowest BCUT2D eigenvalue weighted by Crippen LogP contribution is -2.56. The number of carbonyl (C=O) groups excluding carboxylic acids is 11. The predicted octanol–water partition coefficient (Wildman–Crippen LogP) is 9.19. The zero-order valence-corrected chi connectivity index (χ0v) is 80.0. The molecule has 3 fully saturated rings. The number of nitrogens with zero attached hydrogens (tertiary/aromatic N) is 6. The molecule has 12 N–H and O–H groups in total. The molecule has 10 rings (SSSR count). The summed E-state index contributed by atoms with van der Waals surface area (Å²) in [5.41, 5.74) is 11.7. The van der Waals surface area contributed by atoms with Gasteiger partial charge in [-0.25, -0.2) is 22.7 Å². The third-order valence-corrected chi connectivity index (χ3v) is 25.8. The van der Waals surface area contributed by atoms with Gasteiger partial charge >= 0.3 is 36.3 Å². The Kier molecular flexibility index (Phi) is 45.9. The number of amides is 12. The summed E-state index contributed by atoms with van der Waals surface area (Å²) in [6, 6.07) is 56.3. The Labute approximate surface area is 804 Å². The molecule has 7 aromatic rings. The highest BCUT2D eigenvalue weighted by molar-refractivity contribution is 7.89. The summed E-state index contributed by atoms with van der Waals surface area (Å²) in [5.74, 6) is -6.33. The molecule has 7 aromatic carbocycles. The van der Waals surface area contributed by atoms with Gasteiger partial charge in [0, 0.05) is 102 Å². The van der Waals surface area contributed by atoms with Gasteiger partial charge in [0.25, 0.3) is 0 Å². The summed E-state index contributed by atoms with van der Waals surface area (Å²) in [5, 5.41) is 25.1. The summed E-state index contributed by atoms with van der Waals surface area (Å²) in [4.78, 5) is 151. The maximum Gasteiger partial charge on any atom is 0.471 e. The topological polar surface area (TPSA) is 397 Å². The van der Waals surface area contributed by atoms with E-state index in [1.165, 1.54) is 21.9 Å². The second-order valence-corrected chi connectivity index (χ2v) is 36.1. The molecule has 0 unspecified atom stereocenters. The Balaban J connectivity index is 0.000000255. The summed E-state index contributed by atoms with van der Waals surface area (Å²) < 4.78 is 114. The van der Waals surface area contributed by atoms with Crippen molar-refractivity contribution < 1.29 is 92.2 Å². The van der Waals surface area contributed by atoms with Gasteiger partial charge in [-0.15, -0.1) is 0 Å². The number of para-hydroxylation sites is 1. The largest absolute Gasteiger partial charge is 0.471 e. The van der Waals surface area contributed by atoms with Crippen molar-refractivity contribution in [2.75, 3.05) is 105 Å². The number of carbonyl (C=O) groups is 11. The van der Waals surface area contributed by atoms with Crippen LogP contribution in [-0.2, 0) is 90.2 Å². The summed E-state index contributed by atoms with van der Waals surface area (Å²) >= 11 is 0. The molecule has 750 valence electrons. The van der Waals surface area contributed by atoms with E-state index < -0.39 is 124 Å². The smallest absolute Gasteiger partial charge is 0.445 e. The van der Waals surface area contributed by atoms with Crippen molar-refractivity contribution in [1.29, 1.82) is 0 Å². The zero-order chi connectivity index (χ0) is 100. The second kappa shape index (κ2) is 57.1. The van der Waals surface area contributed by atoms with Crippen molar-refractivity contribution in [2.24, 2.45) is 5.73 Å². The minimum Gasteiger partial charge on any atom is -0.445 e. The fourth-order valence-corrected chi connectivity index (χ4v) is 17.3. The average molecular weight is 1940 g/mol. The van der Waals surface area contributed by atoms with Gasteiger partial charge in [0.15, 0.2) is 0 Å². The molecule has 3 heterocycles. The van der Waals surface area contributed by atoms with Crippen molar-refractivity contribution in [3.63, 3.8) is 0 Å². The van der Waals surface area contributed by atoms with E-state index in [0.717, 1.165) is 50.5 Å². The molecule has 3 aliphatic rings. The molecule has 31 nitrogen and oxygen atoms in total. The van der Waals surface area contributed by atoms with E-state index >= 15 is 0 Å². The van der Waals surface area contributed by atoms with Crippen molar-refractivity contribution in [1.82, 2.24) is 76.7 Å². The van der Waals surface area contributed by atoms with Gasteiger partial charge in [-0.3, -0.25) is 43.2 Å². The quantitative estimate of drug-likeness (QED) is 0.0125. The fraction of sp³-hybridized carbons (Fsp3) is 0.470. The number of sulfonamides is 1. The zero-order valence-electron chi connectivity index (χ0n) is 79.1. The highest BCUT2D eigenvalue weighted by atomic mass is 32.2. The number of likely N-dealkylation sites (tertiary alicyclic amines) is 3. The molecule has 0 aromatic heterocycles. The number of nitrogens with one attached hydrogen (secondary N) is 10. The first-order chi connectivity index (χ1) is 66.1. The molecule has 0 bridgehead atoms. The number of ether oxygens (including phenoxy) is 1. The lowest BCUT2D eigenvalue weighted by atomic mass is 10.0. The molecule has 0 radical (unpaired) electrons. The minimum atomic E-state index is -5.07. The molecule has 0 saturated carbocycles. The fourth-order valence-electron chi connectivity index (χ4n) is 16.2. The number of nitrogens with two attached hydrogens (primary N) is 1. The third kappa shape index (κ3) is 37.2. The Morgan fingerprint density at radius 1 is 0.428 bits per heavy atom. The minimum absolute atomic E-state index is 0.00473. The van der Waals surface area contributed by atoms with Crippen molar-refractivity contribution >= 4 is 81.0 Å². The number of hydrogen-bond donors (Lipinski definition) is 11. The van der Waals surface area contributed by atoms with Crippen LogP contribution in [0.3, 0.4) is 0 Å². The van der Waals surface area contributed by atoms with E-state index in [1.807, 2.05) is 102 Å². The number of halogens is 6. The van der Waals surface area contributed by atoms with E-state index in [1.54, 1.807) is 150 Å². The van der Waals surface area contributed by atoms with Crippen molar-refractivity contribution in [3.8, 4) is 0 Å². The van der Waals surface area contributed by atoms with Crippen molar-refractivity contribution in [2.45, 2.75) is 208 Å². The van der Waals surface area contributed by atoms with Crippen molar-refractivity contribution in [3.05, 3.63) is 240 Å². The van der Waals surface area contributed by atoms with E-state index in [0.29, 0.717) is 89.7 Å². The number of benzene rings is 7. The maximum absolute atomic E-state index is 14.1. The van der Waals surface area contributed by atoms with Crippen LogP contribution in [0.5, 0.6) is 0 Å². The van der Waals surface area contributed by atoms with Crippen LogP contribution in [0, 0.1) is 0 Å². The molecular weight excluding hydrogens is 1810 g/mol. The summed E-state index contributed by atoms with van der Waals surface area (Å²) in [7, 11) is 1.10. The van der Waals surface area contributed by atoms with Gasteiger partial charge < -0.3 is 87.7 Å². The van der Waals surface area contributed by atoms with Crippen LogP contribution < -0.4 is 58.3 Å². The number of anilines is 1. The molecule has 38 heteroatoms. The average Bonchev–Trinajstić information content (AvgIpc) is 1.77. The Hall–Kier alpha value is -12.4. The number of likely N-dealkylation sites (N-methyl/N-ethyl adjacent to an activating group) is 3. The van der Waals surface area contributed by atoms with Gasteiger partial charge in [-0.1, -0.05) is 188 Å². The normalized spacial score (nSPS) is 16.2. The van der Waals surface area contributed by atoms with Crippen LogP contribution >= 0.6 is 0 Å². The van der Waals surface area contributed by atoms with Gasteiger partial charge in [-0.05, 0) is 197 Å². The van der Waals surface area contributed by atoms with E-state index in [4.69, 9.17) is 10.5 Å².